The van der Waals surface area contributed by atoms with Crippen molar-refractivity contribution in [1.82, 2.24) is 5.32 Å². The normalized spacial score (nSPS) is 20.2. The molecule has 108 valence electrons. The SMILES string of the molecule is CCCCC(CC)COC1(CNCC)CCCC1. The lowest BCUT2D eigenvalue weighted by Crippen LogP contribution is -2.41. The van der Waals surface area contributed by atoms with Crippen molar-refractivity contribution in [2.45, 2.75) is 77.7 Å². The Bertz CT molecular complexity index is 199. The van der Waals surface area contributed by atoms with Gasteiger partial charge in [-0.15, -0.1) is 0 Å². The van der Waals surface area contributed by atoms with Gasteiger partial charge in [-0.2, -0.15) is 0 Å². The van der Waals surface area contributed by atoms with Crippen LogP contribution in [0.15, 0.2) is 0 Å². The number of hydrogen-bond acceptors (Lipinski definition) is 2. The summed E-state index contributed by atoms with van der Waals surface area (Å²) >= 11 is 0. The highest BCUT2D eigenvalue weighted by atomic mass is 16.5. The smallest absolute Gasteiger partial charge is 0.0806 e. The quantitative estimate of drug-likeness (QED) is 0.633. The molecule has 0 aromatic heterocycles. The third-order valence-electron chi connectivity index (χ3n) is 4.38. The van der Waals surface area contributed by atoms with Gasteiger partial charge in [0.1, 0.15) is 0 Å². The number of unbranched alkanes of at least 4 members (excludes halogenated alkanes) is 1. The average Bonchev–Trinajstić information content (AvgIpc) is 2.86. The van der Waals surface area contributed by atoms with Gasteiger partial charge in [-0.3, -0.25) is 0 Å². The summed E-state index contributed by atoms with van der Waals surface area (Å²) in [6.45, 7) is 9.83. The maximum atomic E-state index is 6.38. The Balaban J connectivity index is 2.35. The molecule has 0 aromatic carbocycles. The maximum absolute atomic E-state index is 6.38. The van der Waals surface area contributed by atoms with Crippen LogP contribution in [0.4, 0.5) is 0 Å². The fraction of sp³-hybridized carbons (Fsp3) is 1.00. The summed E-state index contributed by atoms with van der Waals surface area (Å²) in [5.74, 6) is 0.768. The van der Waals surface area contributed by atoms with Gasteiger partial charge in [0.25, 0.3) is 0 Å². The van der Waals surface area contributed by atoms with Crippen LogP contribution in [-0.4, -0.2) is 25.3 Å². The Morgan fingerprint density at radius 1 is 1.17 bits per heavy atom. The zero-order chi connectivity index (χ0) is 13.3. The first-order valence-corrected chi connectivity index (χ1v) is 8.11. The van der Waals surface area contributed by atoms with Crippen LogP contribution in [0.5, 0.6) is 0 Å². The summed E-state index contributed by atoms with van der Waals surface area (Å²) in [7, 11) is 0. The third-order valence-corrected chi connectivity index (χ3v) is 4.38. The van der Waals surface area contributed by atoms with E-state index >= 15 is 0 Å². The maximum Gasteiger partial charge on any atom is 0.0806 e. The number of likely N-dealkylation sites (N-methyl/N-ethyl adjacent to an activating group) is 1. The number of rotatable bonds is 10. The van der Waals surface area contributed by atoms with Crippen molar-refractivity contribution < 1.29 is 4.74 Å². The largest absolute Gasteiger partial charge is 0.373 e. The number of hydrogen-bond donors (Lipinski definition) is 1. The molecule has 1 N–H and O–H groups in total. The van der Waals surface area contributed by atoms with Crippen LogP contribution in [-0.2, 0) is 4.74 Å². The van der Waals surface area contributed by atoms with Crippen molar-refractivity contribution in [2.24, 2.45) is 5.92 Å². The monoisotopic (exact) mass is 255 g/mol. The first-order valence-electron chi connectivity index (χ1n) is 8.11. The van der Waals surface area contributed by atoms with E-state index in [2.05, 4.69) is 26.1 Å². The summed E-state index contributed by atoms with van der Waals surface area (Å²) in [5.41, 5.74) is 0.162. The summed E-state index contributed by atoms with van der Waals surface area (Å²) in [5, 5.41) is 3.49. The van der Waals surface area contributed by atoms with E-state index in [0.717, 1.165) is 25.6 Å². The molecular weight excluding hydrogens is 222 g/mol. The van der Waals surface area contributed by atoms with Crippen LogP contribution >= 0.6 is 0 Å². The minimum Gasteiger partial charge on any atom is -0.373 e. The average molecular weight is 255 g/mol. The first kappa shape index (κ1) is 16.0. The van der Waals surface area contributed by atoms with Crippen molar-refractivity contribution in [3.05, 3.63) is 0 Å². The summed E-state index contributed by atoms with van der Waals surface area (Å²) in [4.78, 5) is 0. The molecule has 0 radical (unpaired) electrons. The molecule has 18 heavy (non-hydrogen) atoms. The fourth-order valence-corrected chi connectivity index (χ4v) is 2.94. The predicted molar refractivity (Wildman–Crippen MR) is 79.0 cm³/mol. The lowest BCUT2D eigenvalue weighted by Gasteiger charge is -2.31. The molecule has 0 aliphatic heterocycles. The molecule has 1 saturated carbocycles. The lowest BCUT2D eigenvalue weighted by molar-refractivity contribution is -0.0565. The second kappa shape index (κ2) is 8.92. The minimum absolute atomic E-state index is 0.162. The van der Waals surface area contributed by atoms with Crippen molar-refractivity contribution in [3.8, 4) is 0 Å². The summed E-state index contributed by atoms with van der Waals surface area (Å²) < 4.78 is 6.38. The van der Waals surface area contributed by atoms with Gasteiger partial charge < -0.3 is 10.1 Å². The van der Waals surface area contributed by atoms with Crippen LogP contribution in [0.25, 0.3) is 0 Å². The molecule has 1 aliphatic rings. The Kier molecular flexibility index (Phi) is 7.92. The molecule has 0 aromatic rings. The fourth-order valence-electron chi connectivity index (χ4n) is 2.94. The van der Waals surface area contributed by atoms with Gasteiger partial charge in [0.2, 0.25) is 0 Å². The molecule has 0 heterocycles. The van der Waals surface area contributed by atoms with E-state index in [1.54, 1.807) is 0 Å². The van der Waals surface area contributed by atoms with Crippen LogP contribution < -0.4 is 5.32 Å². The zero-order valence-corrected chi connectivity index (χ0v) is 12.8. The molecule has 1 atom stereocenters. The van der Waals surface area contributed by atoms with Gasteiger partial charge in [-0.05, 0) is 31.7 Å². The predicted octanol–water partition coefficient (Wildman–Crippen LogP) is 4.14. The van der Waals surface area contributed by atoms with Crippen LogP contribution in [0.3, 0.4) is 0 Å². The Hall–Kier alpha value is -0.0800. The van der Waals surface area contributed by atoms with Crippen molar-refractivity contribution in [1.29, 1.82) is 0 Å². The van der Waals surface area contributed by atoms with E-state index in [1.165, 1.54) is 51.4 Å². The van der Waals surface area contributed by atoms with Gasteiger partial charge in [0, 0.05) is 6.54 Å². The second-order valence-electron chi connectivity index (χ2n) is 5.90. The highest BCUT2D eigenvalue weighted by Gasteiger charge is 2.34. The van der Waals surface area contributed by atoms with E-state index in [9.17, 15) is 0 Å². The third kappa shape index (κ3) is 5.27. The van der Waals surface area contributed by atoms with Gasteiger partial charge in [-0.1, -0.05) is 52.9 Å². The Morgan fingerprint density at radius 2 is 1.89 bits per heavy atom. The van der Waals surface area contributed by atoms with Crippen molar-refractivity contribution in [2.75, 3.05) is 19.7 Å². The molecule has 2 heteroatoms. The first-order chi connectivity index (χ1) is 8.76. The standard InChI is InChI=1S/C16H33NO/c1-4-7-10-15(5-2)13-18-16(14-17-6-3)11-8-9-12-16/h15,17H,4-14H2,1-3H3. The van der Waals surface area contributed by atoms with E-state index in [1.807, 2.05) is 0 Å². The van der Waals surface area contributed by atoms with E-state index < -0.39 is 0 Å². The van der Waals surface area contributed by atoms with Gasteiger partial charge in [0.05, 0.1) is 12.2 Å². The molecule has 0 bridgehead atoms. The highest BCUT2D eigenvalue weighted by molar-refractivity contribution is 4.88. The van der Waals surface area contributed by atoms with Crippen molar-refractivity contribution in [3.63, 3.8) is 0 Å². The molecule has 1 rings (SSSR count). The second-order valence-corrected chi connectivity index (χ2v) is 5.90. The molecule has 1 unspecified atom stereocenters. The molecule has 0 spiro atoms. The van der Waals surface area contributed by atoms with Gasteiger partial charge in [0.15, 0.2) is 0 Å². The molecule has 0 saturated heterocycles. The zero-order valence-electron chi connectivity index (χ0n) is 12.8. The van der Waals surface area contributed by atoms with Crippen LogP contribution in [0, 0.1) is 5.92 Å². The number of nitrogens with one attached hydrogen (secondary N) is 1. The Labute approximate surface area is 114 Å². The molecular formula is C16H33NO. The lowest BCUT2D eigenvalue weighted by atomic mass is 9.98. The van der Waals surface area contributed by atoms with E-state index in [0.29, 0.717) is 0 Å². The molecule has 1 aliphatic carbocycles. The van der Waals surface area contributed by atoms with E-state index in [4.69, 9.17) is 4.74 Å². The van der Waals surface area contributed by atoms with Gasteiger partial charge >= 0.3 is 0 Å². The van der Waals surface area contributed by atoms with Gasteiger partial charge in [-0.25, -0.2) is 0 Å². The highest BCUT2D eigenvalue weighted by Crippen LogP contribution is 2.33. The van der Waals surface area contributed by atoms with E-state index in [-0.39, 0.29) is 5.60 Å². The van der Waals surface area contributed by atoms with Crippen LogP contribution in [0.1, 0.15) is 72.1 Å². The molecule has 1 fully saturated rings. The minimum atomic E-state index is 0.162. The topological polar surface area (TPSA) is 21.3 Å². The summed E-state index contributed by atoms with van der Waals surface area (Å²) in [6, 6.07) is 0. The molecule has 0 amide bonds. The van der Waals surface area contributed by atoms with Crippen LogP contribution in [0.2, 0.25) is 0 Å². The number of ether oxygens (including phenoxy) is 1. The van der Waals surface area contributed by atoms with Crippen molar-refractivity contribution >= 4 is 0 Å². The summed E-state index contributed by atoms with van der Waals surface area (Å²) in [6.07, 6.45) is 10.4. The molecule has 2 nitrogen and oxygen atoms in total. The Morgan fingerprint density at radius 3 is 2.44 bits per heavy atom.